The van der Waals surface area contributed by atoms with Crippen molar-refractivity contribution in [2.24, 2.45) is 0 Å². The smallest absolute Gasteiger partial charge is 0.298 e. The average Bonchev–Trinajstić information content (AvgIpc) is 2.91. The molecule has 1 fully saturated rings. The van der Waals surface area contributed by atoms with Crippen LogP contribution in [0.4, 0.5) is 10.5 Å². The molecular formula is C20H17Cl2NO3S. The van der Waals surface area contributed by atoms with E-state index in [-0.39, 0.29) is 17.3 Å². The van der Waals surface area contributed by atoms with Crippen LogP contribution in [0.5, 0.6) is 5.75 Å². The standard InChI is InChI=1S/C20H17Cl2NO3S/c1-3-12(2)26-17-9-4-13(10-16(17)22)11-18-19(24)23(20(25)27-18)15-7-5-14(21)6-8-15/h4-12H,3H2,1-2H3/b18-11+/t12-/m0/s1. The van der Waals surface area contributed by atoms with Crippen LogP contribution in [0.3, 0.4) is 0 Å². The number of rotatable bonds is 5. The van der Waals surface area contributed by atoms with E-state index in [1.165, 1.54) is 0 Å². The van der Waals surface area contributed by atoms with Crippen LogP contribution in [0, 0.1) is 0 Å². The third-order valence-electron chi connectivity index (χ3n) is 4.04. The number of nitrogens with zero attached hydrogens (tertiary/aromatic N) is 1. The molecule has 1 atom stereocenters. The number of hydrogen-bond acceptors (Lipinski definition) is 4. The predicted molar refractivity (Wildman–Crippen MR) is 112 cm³/mol. The highest BCUT2D eigenvalue weighted by atomic mass is 35.5. The van der Waals surface area contributed by atoms with Gasteiger partial charge in [0.2, 0.25) is 0 Å². The first-order valence-electron chi connectivity index (χ1n) is 8.38. The van der Waals surface area contributed by atoms with Crippen molar-refractivity contribution in [1.82, 2.24) is 0 Å². The Morgan fingerprint density at radius 2 is 1.85 bits per heavy atom. The summed E-state index contributed by atoms with van der Waals surface area (Å²) in [6.45, 7) is 4.00. The van der Waals surface area contributed by atoms with E-state index in [1.807, 2.05) is 13.8 Å². The fourth-order valence-corrected chi connectivity index (χ4v) is 3.64. The number of imide groups is 1. The number of halogens is 2. The van der Waals surface area contributed by atoms with Gasteiger partial charge in [-0.15, -0.1) is 0 Å². The lowest BCUT2D eigenvalue weighted by Crippen LogP contribution is -2.27. The van der Waals surface area contributed by atoms with E-state index in [9.17, 15) is 9.59 Å². The van der Waals surface area contributed by atoms with Crippen LogP contribution in [0.25, 0.3) is 6.08 Å². The number of carbonyl (C=O) groups excluding carboxylic acids is 2. The maximum absolute atomic E-state index is 12.7. The lowest BCUT2D eigenvalue weighted by atomic mass is 10.2. The van der Waals surface area contributed by atoms with Crippen LogP contribution in [0.1, 0.15) is 25.8 Å². The van der Waals surface area contributed by atoms with Crippen molar-refractivity contribution in [3.8, 4) is 5.75 Å². The Morgan fingerprint density at radius 1 is 1.15 bits per heavy atom. The molecule has 0 bridgehead atoms. The zero-order valence-corrected chi connectivity index (χ0v) is 17.1. The van der Waals surface area contributed by atoms with Gasteiger partial charge < -0.3 is 4.74 Å². The van der Waals surface area contributed by atoms with E-state index < -0.39 is 0 Å². The summed E-state index contributed by atoms with van der Waals surface area (Å²) in [5.74, 6) is 0.223. The molecule has 0 aromatic heterocycles. The maximum atomic E-state index is 12.7. The van der Waals surface area contributed by atoms with E-state index in [1.54, 1.807) is 48.5 Å². The first-order chi connectivity index (χ1) is 12.9. The summed E-state index contributed by atoms with van der Waals surface area (Å²) in [6.07, 6.45) is 2.58. The van der Waals surface area contributed by atoms with Gasteiger partial charge in [-0.3, -0.25) is 9.59 Å². The highest BCUT2D eigenvalue weighted by molar-refractivity contribution is 8.19. The molecule has 0 radical (unpaired) electrons. The van der Waals surface area contributed by atoms with Crippen LogP contribution >= 0.6 is 35.0 Å². The SMILES string of the molecule is CC[C@H](C)Oc1ccc(/C=C2/SC(=O)N(c3ccc(Cl)cc3)C2=O)cc1Cl. The van der Waals surface area contributed by atoms with Crippen LogP contribution < -0.4 is 9.64 Å². The summed E-state index contributed by atoms with van der Waals surface area (Å²) in [5.41, 5.74) is 1.21. The third-order valence-corrected chi connectivity index (χ3v) is 5.45. The maximum Gasteiger partial charge on any atom is 0.298 e. The third kappa shape index (κ3) is 4.49. The molecule has 4 nitrogen and oxygen atoms in total. The summed E-state index contributed by atoms with van der Waals surface area (Å²) in [5, 5.41) is 0.646. The number of amides is 2. The summed E-state index contributed by atoms with van der Waals surface area (Å²) < 4.78 is 5.74. The number of ether oxygens (including phenoxy) is 1. The zero-order chi connectivity index (χ0) is 19.6. The van der Waals surface area contributed by atoms with Gasteiger partial charge >= 0.3 is 0 Å². The molecule has 2 amide bonds. The molecule has 140 valence electrons. The molecule has 1 saturated heterocycles. The molecule has 1 heterocycles. The first kappa shape index (κ1) is 19.8. The van der Waals surface area contributed by atoms with E-state index in [4.69, 9.17) is 27.9 Å². The van der Waals surface area contributed by atoms with E-state index in [0.29, 0.717) is 26.4 Å². The van der Waals surface area contributed by atoms with Gasteiger partial charge in [-0.05, 0) is 73.1 Å². The molecule has 3 rings (SSSR count). The van der Waals surface area contributed by atoms with Crippen molar-refractivity contribution >= 4 is 57.9 Å². The van der Waals surface area contributed by atoms with Gasteiger partial charge in [0.25, 0.3) is 11.1 Å². The van der Waals surface area contributed by atoms with Gasteiger partial charge in [0.05, 0.1) is 21.7 Å². The highest BCUT2D eigenvalue weighted by Gasteiger charge is 2.36. The number of anilines is 1. The fraction of sp³-hybridized carbons (Fsp3) is 0.200. The molecule has 2 aromatic carbocycles. The second-order valence-electron chi connectivity index (χ2n) is 6.02. The summed E-state index contributed by atoms with van der Waals surface area (Å²) >= 11 is 13.0. The highest BCUT2D eigenvalue weighted by Crippen LogP contribution is 2.37. The van der Waals surface area contributed by atoms with Crippen LogP contribution in [-0.4, -0.2) is 17.3 Å². The molecule has 0 N–H and O–H groups in total. The van der Waals surface area contributed by atoms with Crippen molar-refractivity contribution in [2.45, 2.75) is 26.4 Å². The molecule has 7 heteroatoms. The monoisotopic (exact) mass is 421 g/mol. The minimum Gasteiger partial charge on any atom is -0.489 e. The van der Waals surface area contributed by atoms with E-state index in [2.05, 4.69) is 0 Å². The van der Waals surface area contributed by atoms with Gasteiger partial charge in [-0.1, -0.05) is 36.2 Å². The molecule has 0 spiro atoms. The van der Waals surface area contributed by atoms with Crippen molar-refractivity contribution in [2.75, 3.05) is 4.90 Å². The largest absolute Gasteiger partial charge is 0.489 e. The second-order valence-corrected chi connectivity index (χ2v) is 7.86. The van der Waals surface area contributed by atoms with E-state index >= 15 is 0 Å². The Labute approximate surface area is 172 Å². The molecule has 27 heavy (non-hydrogen) atoms. The molecular weight excluding hydrogens is 405 g/mol. The number of carbonyl (C=O) groups is 2. The van der Waals surface area contributed by atoms with Crippen LogP contribution in [0.15, 0.2) is 47.4 Å². The molecule has 0 unspecified atom stereocenters. The van der Waals surface area contributed by atoms with Crippen LogP contribution in [0.2, 0.25) is 10.0 Å². The second kappa shape index (κ2) is 8.38. The van der Waals surface area contributed by atoms with Crippen molar-refractivity contribution in [3.63, 3.8) is 0 Å². The quantitative estimate of drug-likeness (QED) is 0.523. The van der Waals surface area contributed by atoms with Gasteiger partial charge in [0.1, 0.15) is 5.75 Å². The van der Waals surface area contributed by atoms with E-state index in [0.717, 1.165) is 28.6 Å². The minimum atomic E-state index is -0.372. The summed E-state index contributed by atoms with van der Waals surface area (Å²) in [4.78, 5) is 26.4. The van der Waals surface area contributed by atoms with Crippen molar-refractivity contribution < 1.29 is 14.3 Å². The Kier molecular flexibility index (Phi) is 6.15. The minimum absolute atomic E-state index is 0.0595. The Morgan fingerprint density at radius 3 is 2.48 bits per heavy atom. The lowest BCUT2D eigenvalue weighted by Gasteiger charge is -2.14. The summed E-state index contributed by atoms with van der Waals surface area (Å²) in [7, 11) is 0. The van der Waals surface area contributed by atoms with Gasteiger partial charge in [0, 0.05) is 5.02 Å². The number of hydrogen-bond donors (Lipinski definition) is 0. The molecule has 1 aliphatic heterocycles. The van der Waals surface area contributed by atoms with Gasteiger partial charge in [-0.25, -0.2) is 4.90 Å². The zero-order valence-electron chi connectivity index (χ0n) is 14.7. The van der Waals surface area contributed by atoms with Gasteiger partial charge in [-0.2, -0.15) is 0 Å². The first-order valence-corrected chi connectivity index (χ1v) is 9.96. The number of benzene rings is 2. The molecule has 1 aliphatic rings. The summed E-state index contributed by atoms with van der Waals surface area (Å²) in [6, 6.07) is 11.8. The van der Waals surface area contributed by atoms with Crippen molar-refractivity contribution in [1.29, 1.82) is 0 Å². The van der Waals surface area contributed by atoms with Crippen LogP contribution in [-0.2, 0) is 4.79 Å². The Hall–Kier alpha value is -1.95. The lowest BCUT2D eigenvalue weighted by molar-refractivity contribution is -0.113. The predicted octanol–water partition coefficient (Wildman–Crippen LogP) is 6.41. The normalized spacial score (nSPS) is 16.9. The Balaban J connectivity index is 1.83. The average molecular weight is 422 g/mol. The van der Waals surface area contributed by atoms with Gasteiger partial charge in [0.15, 0.2) is 0 Å². The molecule has 0 aliphatic carbocycles. The Bertz CT molecular complexity index is 912. The molecule has 2 aromatic rings. The fourth-order valence-electron chi connectivity index (χ4n) is 2.43. The molecule has 0 saturated carbocycles. The number of thioether (sulfide) groups is 1. The van der Waals surface area contributed by atoms with Crippen molar-refractivity contribution in [3.05, 3.63) is 63.0 Å². The topological polar surface area (TPSA) is 46.6 Å².